The van der Waals surface area contributed by atoms with Gasteiger partial charge in [0.25, 0.3) is 0 Å². The van der Waals surface area contributed by atoms with Crippen LogP contribution in [-0.4, -0.2) is 37.2 Å². The lowest BCUT2D eigenvalue weighted by molar-refractivity contribution is -0.167. The van der Waals surface area contributed by atoms with Gasteiger partial charge in [-0.1, -0.05) is 296 Å². The van der Waals surface area contributed by atoms with Crippen molar-refractivity contribution in [1.82, 2.24) is 0 Å². The average molecular weight is 1140 g/mol. The number of esters is 3. The second kappa shape index (κ2) is 69.0. The van der Waals surface area contributed by atoms with Crippen LogP contribution in [0.4, 0.5) is 0 Å². The first-order valence-corrected chi connectivity index (χ1v) is 34.2. The highest BCUT2D eigenvalue weighted by Gasteiger charge is 2.19. The topological polar surface area (TPSA) is 78.9 Å². The molecule has 0 radical (unpaired) electrons. The fraction of sp³-hybridized carbons (Fsp3) is 0.671. The van der Waals surface area contributed by atoms with E-state index in [-0.39, 0.29) is 31.1 Å². The molecular weight excluding hydrogens is 1010 g/mol. The van der Waals surface area contributed by atoms with Crippen LogP contribution in [0.25, 0.3) is 0 Å². The molecule has 466 valence electrons. The summed E-state index contributed by atoms with van der Waals surface area (Å²) in [5.74, 6) is -0.925. The largest absolute Gasteiger partial charge is 0.462 e. The van der Waals surface area contributed by atoms with Crippen LogP contribution in [0.2, 0.25) is 0 Å². The molecular formula is C76H126O6. The number of unbranched alkanes of at least 4 members (excludes halogenated alkanes) is 28. The van der Waals surface area contributed by atoms with Crippen molar-refractivity contribution in [2.24, 2.45) is 0 Å². The molecule has 1 atom stereocenters. The molecule has 0 bridgehead atoms. The van der Waals surface area contributed by atoms with Crippen molar-refractivity contribution in [3.63, 3.8) is 0 Å². The van der Waals surface area contributed by atoms with Crippen LogP contribution in [0, 0.1) is 0 Å². The van der Waals surface area contributed by atoms with E-state index in [1.165, 1.54) is 116 Å². The van der Waals surface area contributed by atoms with Crippen molar-refractivity contribution in [3.8, 4) is 0 Å². The minimum absolute atomic E-state index is 0.0935. The third kappa shape index (κ3) is 66.4. The molecule has 0 aromatic heterocycles. The normalized spacial score (nSPS) is 13.0. The maximum absolute atomic E-state index is 12.9. The van der Waals surface area contributed by atoms with E-state index in [9.17, 15) is 14.4 Å². The highest BCUT2D eigenvalue weighted by molar-refractivity contribution is 5.71. The summed E-state index contributed by atoms with van der Waals surface area (Å²) in [4.78, 5) is 38.4. The summed E-state index contributed by atoms with van der Waals surface area (Å²) in [6.07, 6.45) is 97.6. The Labute approximate surface area is 506 Å². The van der Waals surface area contributed by atoms with Gasteiger partial charge in [-0.2, -0.15) is 0 Å². The van der Waals surface area contributed by atoms with Gasteiger partial charge >= 0.3 is 17.9 Å². The van der Waals surface area contributed by atoms with Crippen LogP contribution in [0.3, 0.4) is 0 Å². The van der Waals surface area contributed by atoms with Gasteiger partial charge in [-0.15, -0.1) is 0 Å². The van der Waals surface area contributed by atoms with E-state index >= 15 is 0 Å². The van der Waals surface area contributed by atoms with Gasteiger partial charge in [0, 0.05) is 19.3 Å². The van der Waals surface area contributed by atoms with Gasteiger partial charge < -0.3 is 14.2 Å². The van der Waals surface area contributed by atoms with Crippen molar-refractivity contribution in [3.05, 3.63) is 134 Å². The molecule has 0 spiro atoms. The molecule has 0 aliphatic carbocycles. The molecule has 6 heteroatoms. The monoisotopic (exact) mass is 1130 g/mol. The molecule has 0 aliphatic rings. The summed E-state index contributed by atoms with van der Waals surface area (Å²) in [6, 6.07) is 0. The summed E-state index contributed by atoms with van der Waals surface area (Å²) in [5, 5.41) is 0. The Hall–Kier alpha value is -4.45. The third-order valence-corrected chi connectivity index (χ3v) is 14.4. The average Bonchev–Trinajstić information content (AvgIpc) is 3.47. The lowest BCUT2D eigenvalue weighted by Crippen LogP contribution is -2.30. The van der Waals surface area contributed by atoms with E-state index in [1.807, 2.05) is 0 Å². The van der Waals surface area contributed by atoms with Crippen LogP contribution in [0.15, 0.2) is 134 Å². The number of hydrogen-bond donors (Lipinski definition) is 0. The fourth-order valence-corrected chi connectivity index (χ4v) is 9.30. The smallest absolute Gasteiger partial charge is 0.306 e. The molecule has 0 saturated heterocycles. The quantitative estimate of drug-likeness (QED) is 0.0261. The van der Waals surface area contributed by atoms with Crippen LogP contribution in [-0.2, 0) is 28.6 Å². The van der Waals surface area contributed by atoms with Crippen molar-refractivity contribution in [1.29, 1.82) is 0 Å². The van der Waals surface area contributed by atoms with E-state index in [4.69, 9.17) is 14.2 Å². The summed E-state index contributed by atoms with van der Waals surface area (Å²) in [7, 11) is 0. The highest BCUT2D eigenvalue weighted by Crippen LogP contribution is 2.16. The lowest BCUT2D eigenvalue weighted by atomic mass is 10.0. The van der Waals surface area contributed by atoms with Crippen molar-refractivity contribution in [2.75, 3.05) is 13.2 Å². The maximum atomic E-state index is 12.9. The number of hydrogen-bond acceptors (Lipinski definition) is 6. The Morgan fingerprint density at radius 3 is 0.744 bits per heavy atom. The molecule has 0 rings (SSSR count). The Morgan fingerprint density at radius 1 is 0.256 bits per heavy atom. The van der Waals surface area contributed by atoms with E-state index in [0.717, 1.165) is 154 Å². The Morgan fingerprint density at radius 2 is 0.476 bits per heavy atom. The molecule has 0 amide bonds. The van der Waals surface area contributed by atoms with E-state index < -0.39 is 6.10 Å². The minimum Gasteiger partial charge on any atom is -0.462 e. The lowest BCUT2D eigenvalue weighted by Gasteiger charge is -2.18. The van der Waals surface area contributed by atoms with E-state index in [0.29, 0.717) is 19.3 Å². The number of rotatable bonds is 61. The first kappa shape index (κ1) is 77.5. The van der Waals surface area contributed by atoms with Gasteiger partial charge in [0.2, 0.25) is 0 Å². The molecule has 0 aromatic carbocycles. The van der Waals surface area contributed by atoms with Crippen LogP contribution >= 0.6 is 0 Å². The molecule has 0 aromatic rings. The van der Waals surface area contributed by atoms with Crippen molar-refractivity contribution >= 4 is 17.9 Å². The van der Waals surface area contributed by atoms with Crippen LogP contribution in [0.5, 0.6) is 0 Å². The number of carbonyl (C=O) groups is 3. The Bertz CT molecular complexity index is 1730. The predicted molar refractivity (Wildman–Crippen MR) is 357 cm³/mol. The molecule has 0 fully saturated rings. The highest BCUT2D eigenvalue weighted by atomic mass is 16.6. The molecule has 0 heterocycles. The molecule has 1 unspecified atom stereocenters. The standard InChI is InChI=1S/C76H126O6/c1-4-7-10-13-16-19-22-25-28-30-31-32-33-34-35-36-37-38-39-40-41-42-43-44-45-47-48-51-54-57-60-63-66-69-75(78)81-72-73(71-80-74(77)68-65-62-59-56-53-50-27-24-21-18-15-12-9-6-3)82-76(79)70-67-64-61-58-55-52-49-46-29-26-23-20-17-14-11-8-5-2/h7-8,10-11,15-20,24-29,31-32,34-35,49,52,73H,4-6,9,12-14,21-23,30,33,36-48,50-51,53-72H2,1-3H3/b10-7-,11-8-,18-15-,19-16-,20-17-,27-24-,28-25-,29-26-,32-31-,35-34-,52-49-. The zero-order chi connectivity index (χ0) is 59.2. The van der Waals surface area contributed by atoms with E-state index in [2.05, 4.69) is 154 Å². The Balaban J connectivity index is 4.24. The first-order valence-electron chi connectivity index (χ1n) is 34.2. The Kier molecular flexibility index (Phi) is 65.3. The van der Waals surface area contributed by atoms with Crippen molar-refractivity contribution in [2.45, 2.75) is 316 Å². The minimum atomic E-state index is -0.801. The van der Waals surface area contributed by atoms with Gasteiger partial charge in [0.05, 0.1) is 0 Å². The SMILES string of the molecule is CC/C=C\C/C=C\C/C=C\C/C=C\C/C=C\CCCCCCCCCCCCCCCCCCCC(=O)OCC(COC(=O)CCCCCCC/C=C\C/C=C\CCCC)OC(=O)CCCCCC/C=C\C/C=C\C/C=C\C/C=C\CC. The molecule has 0 saturated carbocycles. The van der Waals surface area contributed by atoms with Crippen LogP contribution in [0.1, 0.15) is 310 Å². The molecule has 6 nitrogen and oxygen atoms in total. The summed E-state index contributed by atoms with van der Waals surface area (Å²) in [5.41, 5.74) is 0. The van der Waals surface area contributed by atoms with Crippen LogP contribution < -0.4 is 0 Å². The van der Waals surface area contributed by atoms with Gasteiger partial charge in [-0.05, 0) is 128 Å². The number of ether oxygens (including phenoxy) is 3. The van der Waals surface area contributed by atoms with Gasteiger partial charge in [0.1, 0.15) is 13.2 Å². The third-order valence-electron chi connectivity index (χ3n) is 14.4. The summed E-state index contributed by atoms with van der Waals surface area (Å²) < 4.78 is 16.9. The zero-order valence-corrected chi connectivity index (χ0v) is 53.5. The van der Waals surface area contributed by atoms with Crippen molar-refractivity contribution < 1.29 is 28.6 Å². The maximum Gasteiger partial charge on any atom is 0.306 e. The fourth-order valence-electron chi connectivity index (χ4n) is 9.30. The second-order valence-electron chi connectivity index (χ2n) is 22.3. The molecule has 0 N–H and O–H groups in total. The van der Waals surface area contributed by atoms with Gasteiger partial charge in [-0.25, -0.2) is 0 Å². The van der Waals surface area contributed by atoms with Gasteiger partial charge in [0.15, 0.2) is 6.10 Å². The molecule has 82 heavy (non-hydrogen) atoms. The second-order valence-corrected chi connectivity index (χ2v) is 22.3. The number of carbonyl (C=O) groups excluding carboxylic acids is 3. The van der Waals surface area contributed by atoms with Gasteiger partial charge in [-0.3, -0.25) is 14.4 Å². The van der Waals surface area contributed by atoms with E-state index in [1.54, 1.807) is 0 Å². The zero-order valence-electron chi connectivity index (χ0n) is 53.5. The summed E-state index contributed by atoms with van der Waals surface area (Å²) >= 11 is 0. The molecule has 0 aliphatic heterocycles. The predicted octanol–water partition coefficient (Wildman–Crippen LogP) is 23.7. The first-order chi connectivity index (χ1) is 40.5. The summed E-state index contributed by atoms with van der Waals surface area (Å²) in [6.45, 7) is 6.36. The number of allylic oxidation sites excluding steroid dienone is 22.